The van der Waals surface area contributed by atoms with E-state index in [1.165, 1.54) is 7.11 Å². The number of carbonyl (C=O) groups is 2. The lowest BCUT2D eigenvalue weighted by atomic mass is 10.0. The van der Waals surface area contributed by atoms with Gasteiger partial charge in [0.25, 0.3) is 0 Å². The zero-order chi connectivity index (χ0) is 13.6. The molecule has 100 valence electrons. The van der Waals surface area contributed by atoms with Gasteiger partial charge in [-0.15, -0.1) is 0 Å². The first-order chi connectivity index (χ1) is 7.79. The second-order valence-corrected chi connectivity index (χ2v) is 4.90. The van der Waals surface area contributed by atoms with Crippen LogP contribution in [-0.2, 0) is 14.3 Å². The molecule has 0 saturated heterocycles. The molecule has 0 aromatic heterocycles. The third-order valence-electron chi connectivity index (χ3n) is 2.42. The van der Waals surface area contributed by atoms with Gasteiger partial charge in [0.05, 0.1) is 7.11 Å². The van der Waals surface area contributed by atoms with Gasteiger partial charge < -0.3 is 15.2 Å². The fraction of sp³-hybridized carbons (Fsp3) is 0.833. The topological polar surface area (TPSA) is 75.6 Å². The number of ether oxygens (including phenoxy) is 1. The van der Waals surface area contributed by atoms with Gasteiger partial charge in [-0.25, -0.2) is 4.79 Å². The molecule has 0 radical (unpaired) electrons. The normalized spacial score (nSPS) is 14.6. The van der Waals surface area contributed by atoms with Crippen LogP contribution < -0.4 is 5.32 Å². The van der Waals surface area contributed by atoms with E-state index in [0.29, 0.717) is 6.42 Å². The van der Waals surface area contributed by atoms with Gasteiger partial charge in [-0.05, 0) is 18.3 Å². The van der Waals surface area contributed by atoms with Crippen LogP contribution in [0.25, 0.3) is 0 Å². The van der Waals surface area contributed by atoms with E-state index >= 15 is 0 Å². The molecule has 2 atom stereocenters. The van der Waals surface area contributed by atoms with E-state index in [2.05, 4.69) is 10.1 Å². The molecule has 0 fully saturated rings. The first-order valence-electron chi connectivity index (χ1n) is 5.85. The third kappa shape index (κ3) is 5.68. The number of rotatable bonds is 6. The smallest absolute Gasteiger partial charge is 0.328 e. The number of aliphatic hydroxyl groups is 1. The summed E-state index contributed by atoms with van der Waals surface area (Å²) in [5.41, 5.74) is 0. The highest BCUT2D eigenvalue weighted by molar-refractivity contribution is 5.86. The summed E-state index contributed by atoms with van der Waals surface area (Å²) in [6, 6.07) is -0.714. The van der Waals surface area contributed by atoms with Crippen molar-refractivity contribution in [2.75, 3.05) is 7.11 Å². The minimum absolute atomic E-state index is 0.0855. The lowest BCUT2D eigenvalue weighted by Gasteiger charge is -2.22. The molecule has 0 aromatic carbocycles. The van der Waals surface area contributed by atoms with Crippen LogP contribution in [0.2, 0.25) is 0 Å². The standard InChI is InChI=1S/C12H23NO4/c1-7(2)6-9(14)11(15)13-10(8(3)4)12(16)17-5/h7-10,14H,6H2,1-5H3,(H,13,15)/t9-,10+/m1/s1. The molecule has 0 aliphatic rings. The quantitative estimate of drug-likeness (QED) is 0.676. The molecule has 0 aromatic rings. The minimum atomic E-state index is -1.08. The van der Waals surface area contributed by atoms with E-state index in [1.54, 1.807) is 13.8 Å². The summed E-state index contributed by atoms with van der Waals surface area (Å²) in [5.74, 6) is -0.892. The Morgan fingerprint density at radius 2 is 1.76 bits per heavy atom. The molecule has 0 aliphatic heterocycles. The number of carbonyl (C=O) groups excluding carboxylic acids is 2. The molecule has 17 heavy (non-hydrogen) atoms. The maximum Gasteiger partial charge on any atom is 0.328 e. The molecule has 0 spiro atoms. The lowest BCUT2D eigenvalue weighted by Crippen LogP contribution is -2.48. The highest BCUT2D eigenvalue weighted by Crippen LogP contribution is 2.07. The summed E-state index contributed by atoms with van der Waals surface area (Å²) in [6.45, 7) is 7.43. The van der Waals surface area contributed by atoms with Crippen LogP contribution in [0.5, 0.6) is 0 Å². The molecule has 0 rings (SSSR count). The number of hydrogen-bond acceptors (Lipinski definition) is 4. The SMILES string of the molecule is COC(=O)[C@@H](NC(=O)[C@H](O)CC(C)C)C(C)C. The Hall–Kier alpha value is -1.10. The largest absolute Gasteiger partial charge is 0.467 e. The molecule has 0 heterocycles. The Morgan fingerprint density at radius 1 is 1.24 bits per heavy atom. The number of aliphatic hydroxyl groups excluding tert-OH is 1. The molecular weight excluding hydrogens is 222 g/mol. The minimum Gasteiger partial charge on any atom is -0.467 e. The van der Waals surface area contributed by atoms with Crippen molar-refractivity contribution in [3.63, 3.8) is 0 Å². The average molecular weight is 245 g/mol. The van der Waals surface area contributed by atoms with Gasteiger partial charge >= 0.3 is 5.97 Å². The van der Waals surface area contributed by atoms with Crippen LogP contribution in [-0.4, -0.2) is 36.2 Å². The third-order valence-corrected chi connectivity index (χ3v) is 2.42. The maximum absolute atomic E-state index is 11.6. The maximum atomic E-state index is 11.6. The van der Waals surface area contributed by atoms with Crippen LogP contribution in [0.4, 0.5) is 0 Å². The van der Waals surface area contributed by atoms with Crippen molar-refractivity contribution >= 4 is 11.9 Å². The van der Waals surface area contributed by atoms with Gasteiger partial charge in [0, 0.05) is 0 Å². The molecule has 1 amide bonds. The van der Waals surface area contributed by atoms with Crippen molar-refractivity contribution in [3.8, 4) is 0 Å². The highest BCUT2D eigenvalue weighted by atomic mass is 16.5. The molecule has 0 saturated carbocycles. The van der Waals surface area contributed by atoms with Gasteiger partial charge in [0.1, 0.15) is 12.1 Å². The van der Waals surface area contributed by atoms with Gasteiger partial charge in [0.15, 0.2) is 0 Å². The van der Waals surface area contributed by atoms with Gasteiger partial charge in [-0.3, -0.25) is 4.79 Å². The Balaban J connectivity index is 4.45. The van der Waals surface area contributed by atoms with Crippen molar-refractivity contribution in [1.29, 1.82) is 0 Å². The second-order valence-electron chi connectivity index (χ2n) is 4.90. The summed E-state index contributed by atoms with van der Waals surface area (Å²) >= 11 is 0. The lowest BCUT2D eigenvalue weighted by molar-refractivity contribution is -0.147. The summed E-state index contributed by atoms with van der Waals surface area (Å²) in [7, 11) is 1.27. The Labute approximate surface area is 103 Å². The molecule has 5 nitrogen and oxygen atoms in total. The summed E-state index contributed by atoms with van der Waals surface area (Å²) in [4.78, 5) is 23.1. The van der Waals surface area contributed by atoms with E-state index in [-0.39, 0.29) is 11.8 Å². The summed E-state index contributed by atoms with van der Waals surface area (Å²) in [6.07, 6.45) is -0.710. The average Bonchev–Trinajstić information content (AvgIpc) is 2.22. The first-order valence-corrected chi connectivity index (χ1v) is 5.85. The number of amides is 1. The van der Waals surface area contributed by atoms with Crippen LogP contribution in [0.1, 0.15) is 34.1 Å². The zero-order valence-corrected chi connectivity index (χ0v) is 11.2. The van der Waals surface area contributed by atoms with E-state index < -0.39 is 24.0 Å². The van der Waals surface area contributed by atoms with Gasteiger partial charge in [-0.1, -0.05) is 27.7 Å². The molecule has 5 heteroatoms. The zero-order valence-electron chi connectivity index (χ0n) is 11.2. The number of methoxy groups -OCH3 is 1. The Kier molecular flexibility index (Phi) is 6.80. The van der Waals surface area contributed by atoms with Crippen LogP contribution in [0, 0.1) is 11.8 Å². The van der Waals surface area contributed by atoms with Crippen LogP contribution in [0.15, 0.2) is 0 Å². The summed E-state index contributed by atoms with van der Waals surface area (Å²) < 4.78 is 4.60. The van der Waals surface area contributed by atoms with Crippen molar-refractivity contribution in [3.05, 3.63) is 0 Å². The summed E-state index contributed by atoms with van der Waals surface area (Å²) in [5, 5.41) is 12.1. The highest BCUT2D eigenvalue weighted by Gasteiger charge is 2.27. The van der Waals surface area contributed by atoms with E-state index in [9.17, 15) is 14.7 Å². The monoisotopic (exact) mass is 245 g/mol. The fourth-order valence-corrected chi connectivity index (χ4v) is 1.43. The van der Waals surface area contributed by atoms with Crippen LogP contribution in [0.3, 0.4) is 0 Å². The number of esters is 1. The van der Waals surface area contributed by atoms with Crippen molar-refractivity contribution < 1.29 is 19.4 Å². The first kappa shape index (κ1) is 15.9. The predicted molar refractivity (Wildman–Crippen MR) is 64.2 cm³/mol. The van der Waals surface area contributed by atoms with Gasteiger partial charge in [-0.2, -0.15) is 0 Å². The van der Waals surface area contributed by atoms with Crippen LogP contribution >= 0.6 is 0 Å². The van der Waals surface area contributed by atoms with Crippen molar-refractivity contribution in [2.45, 2.75) is 46.3 Å². The van der Waals surface area contributed by atoms with E-state index in [1.807, 2.05) is 13.8 Å². The van der Waals surface area contributed by atoms with E-state index in [4.69, 9.17) is 0 Å². The van der Waals surface area contributed by atoms with Crippen molar-refractivity contribution in [2.24, 2.45) is 11.8 Å². The number of nitrogens with one attached hydrogen (secondary N) is 1. The molecule has 0 aliphatic carbocycles. The fourth-order valence-electron chi connectivity index (χ4n) is 1.43. The predicted octanol–water partition coefficient (Wildman–Crippen LogP) is 0.707. The number of hydrogen-bond donors (Lipinski definition) is 2. The molecule has 0 bridgehead atoms. The second kappa shape index (κ2) is 7.27. The van der Waals surface area contributed by atoms with Gasteiger partial charge in [0.2, 0.25) is 5.91 Å². The van der Waals surface area contributed by atoms with Crippen molar-refractivity contribution in [1.82, 2.24) is 5.32 Å². The Morgan fingerprint density at radius 3 is 2.12 bits per heavy atom. The van der Waals surface area contributed by atoms with E-state index in [0.717, 1.165) is 0 Å². The molecular formula is C12H23NO4. The Bertz CT molecular complexity index is 263. The molecule has 2 N–H and O–H groups in total. The molecule has 0 unspecified atom stereocenters.